The summed E-state index contributed by atoms with van der Waals surface area (Å²) in [6.07, 6.45) is -2.62. The highest BCUT2D eigenvalue weighted by Gasteiger charge is 2.71. The highest BCUT2D eigenvalue weighted by atomic mass is 31.2. The Bertz CT molecular complexity index is 2930. The number of carbonyl (C=O) groups is 3. The fraction of sp³-hybridized carbons (Fsp3) is 0.558. The first kappa shape index (κ1) is 57.5. The molecule has 4 aromatic heterocycles. The predicted octanol–water partition coefficient (Wildman–Crippen LogP) is 2.82. The van der Waals surface area contributed by atoms with Crippen molar-refractivity contribution in [1.29, 1.82) is 0 Å². The molecule has 3 fully saturated rings. The van der Waals surface area contributed by atoms with Crippen molar-refractivity contribution in [2.45, 2.75) is 109 Å². The number of hydrogen-bond donors (Lipinski definition) is 6. The van der Waals surface area contributed by atoms with Gasteiger partial charge in [-0.3, -0.25) is 28.0 Å². The lowest BCUT2D eigenvalue weighted by molar-refractivity contribution is -0.214. The Labute approximate surface area is 421 Å². The van der Waals surface area contributed by atoms with E-state index in [0.717, 1.165) is 6.33 Å². The van der Waals surface area contributed by atoms with Crippen LogP contribution in [0.2, 0.25) is 0 Å². The Morgan fingerprint density at radius 1 is 0.851 bits per heavy atom. The number of nitrogens with zero attached hydrogens (tertiary/aromatic N) is 6. The Hall–Kier alpha value is -5.75. The van der Waals surface area contributed by atoms with Gasteiger partial charge in [-0.05, 0) is 39.8 Å². The summed E-state index contributed by atoms with van der Waals surface area (Å²) in [4.78, 5) is 51.3. The molecule has 74 heavy (non-hydrogen) atoms. The van der Waals surface area contributed by atoms with Gasteiger partial charge in [0.2, 0.25) is 24.8 Å². The molecule has 8 N–H and O–H groups in total. The molecular weight excluding hydrogens is 1030 g/mol. The van der Waals surface area contributed by atoms with Crippen LogP contribution in [0.4, 0.5) is 20.4 Å². The smallest absolute Gasteiger partial charge is 0.462 e. The maximum absolute atomic E-state index is 16.2. The second-order valence-electron chi connectivity index (χ2n) is 17.3. The van der Waals surface area contributed by atoms with Crippen molar-refractivity contribution in [3.63, 3.8) is 0 Å². The standard InChI is InChI=1S/C24H32FN4O11P.C19H23FN5O7P/c1-6-8-23(33)21(32)24(25,40-22(23)29-9-7-16-17(26)27-11-28-18(16)29)10-37-41(34,38-12-35-19(30)14(2)3)39-13-36-20(31)15(4)5;1-4-6-18(27)16-19(20,9-29-33(28,32-16)24-8-13(26)30-11(2)3)31-17(18)25-7-5-12-14(21)22-10-23-15(12)25/h7,9,11,14-15,21-22,32-33H,10,12-13H2,1-5H3,(H2,26,27,28);5,7,10-11,16-17,27H,8-9H2,1-3H3,(H,24,28)(H2,21,22,23)/t21-,22+,23+,24+;16-,17+,18+,19+,33?/m00/s1. The minimum absolute atomic E-state index is 0.0961. The maximum Gasteiger partial charge on any atom is 0.480 e. The fourth-order valence-corrected chi connectivity index (χ4v) is 9.75. The van der Waals surface area contributed by atoms with Gasteiger partial charge in [-0.1, -0.05) is 39.5 Å². The van der Waals surface area contributed by atoms with Crippen molar-refractivity contribution in [2.24, 2.45) is 11.8 Å². The summed E-state index contributed by atoms with van der Waals surface area (Å²) in [7, 11) is -9.08. The third kappa shape index (κ3) is 12.0. The van der Waals surface area contributed by atoms with Crippen LogP contribution in [0.25, 0.3) is 22.1 Å². The predicted molar refractivity (Wildman–Crippen MR) is 250 cm³/mol. The molecule has 3 aliphatic heterocycles. The van der Waals surface area contributed by atoms with Crippen LogP contribution in [-0.4, -0.2) is 137 Å². The van der Waals surface area contributed by atoms with E-state index in [1.165, 1.54) is 75.5 Å². The molecule has 3 saturated heterocycles. The van der Waals surface area contributed by atoms with E-state index in [1.54, 1.807) is 19.9 Å². The molecule has 0 radical (unpaired) electrons. The minimum atomic E-state index is -4.84. The number of hydrogen-bond acceptors (Lipinski definition) is 24. The second kappa shape index (κ2) is 22.6. The molecule has 3 aliphatic rings. The summed E-state index contributed by atoms with van der Waals surface area (Å²) >= 11 is 0. The van der Waals surface area contributed by atoms with Gasteiger partial charge in [-0.2, -0.15) is 0 Å². The number of nitrogens with one attached hydrogen (secondary N) is 1. The monoisotopic (exact) mass is 1090 g/mol. The van der Waals surface area contributed by atoms with E-state index in [4.69, 9.17) is 57.8 Å². The summed E-state index contributed by atoms with van der Waals surface area (Å²) in [5.74, 6) is 0.855. The van der Waals surface area contributed by atoms with Gasteiger partial charge in [0.1, 0.15) is 55.3 Å². The molecule has 7 heterocycles. The number of carbonyl (C=O) groups excluding carboxylic acids is 3. The summed E-state index contributed by atoms with van der Waals surface area (Å²) in [6.45, 7) is 7.63. The topological polar surface area (TPSA) is 364 Å². The number of aromatic nitrogens is 6. The van der Waals surface area contributed by atoms with Gasteiger partial charge in [-0.25, -0.2) is 52.0 Å². The molecule has 31 heteroatoms. The van der Waals surface area contributed by atoms with Crippen molar-refractivity contribution in [2.75, 3.05) is 44.8 Å². The van der Waals surface area contributed by atoms with Crippen LogP contribution in [0.15, 0.2) is 37.2 Å². The van der Waals surface area contributed by atoms with E-state index < -0.39 is 132 Å². The number of esters is 3. The quantitative estimate of drug-likeness (QED) is 0.0291. The lowest BCUT2D eigenvalue weighted by Crippen LogP contribution is -2.54. The first-order valence-corrected chi connectivity index (χ1v) is 25.3. The van der Waals surface area contributed by atoms with Gasteiger partial charge >= 0.3 is 33.5 Å². The molecule has 0 aromatic carbocycles. The molecular formula is C43H55F2N9O18P2. The Kier molecular flexibility index (Phi) is 17.6. The molecule has 0 bridgehead atoms. The number of nitrogens with two attached hydrogens (primary N) is 2. The number of fused-ring (bicyclic) bond motifs is 3. The molecule has 9 atom stereocenters. The molecule has 0 aliphatic carbocycles. The number of phosphoric acid groups is 1. The zero-order valence-corrected chi connectivity index (χ0v) is 42.8. The minimum Gasteiger partial charge on any atom is -0.462 e. The molecule has 404 valence electrons. The van der Waals surface area contributed by atoms with Crippen LogP contribution in [0.5, 0.6) is 0 Å². The zero-order valence-electron chi connectivity index (χ0n) is 41.0. The van der Waals surface area contributed by atoms with Crippen LogP contribution in [0, 0.1) is 35.5 Å². The van der Waals surface area contributed by atoms with Crippen LogP contribution in [0.1, 0.15) is 67.8 Å². The van der Waals surface area contributed by atoms with Gasteiger partial charge in [-0.15, -0.1) is 11.8 Å². The van der Waals surface area contributed by atoms with Crippen LogP contribution < -0.4 is 16.6 Å². The SMILES string of the molecule is CC#C[C@]1(O)[C@H](n2ccc3c(N)ncnc32)O[C@](F)(COP(=O)(OCOC(=O)C(C)C)OCOC(=O)C(C)C)[C@H]1O.CC#C[C@]1(O)[C@H](n2ccc3c(N)ncnc32)O[C@]2(F)COP(=O)(NCC(=O)OC(C)C)O[C@@H]12. The van der Waals surface area contributed by atoms with Gasteiger partial charge in [0, 0.05) is 12.4 Å². The summed E-state index contributed by atoms with van der Waals surface area (Å²) in [6, 6.07) is 3.06. The average Bonchev–Trinajstić information content (AvgIpc) is 4.07. The first-order chi connectivity index (χ1) is 34.7. The maximum atomic E-state index is 16.2. The fourth-order valence-electron chi connectivity index (χ4n) is 7.34. The Morgan fingerprint density at radius 2 is 1.35 bits per heavy atom. The van der Waals surface area contributed by atoms with Crippen molar-refractivity contribution in [3.05, 3.63) is 37.2 Å². The van der Waals surface area contributed by atoms with E-state index in [1.807, 2.05) is 0 Å². The molecule has 0 spiro atoms. The first-order valence-electron chi connectivity index (χ1n) is 22.3. The number of aliphatic hydroxyl groups is 3. The highest BCUT2D eigenvalue weighted by molar-refractivity contribution is 7.51. The highest BCUT2D eigenvalue weighted by Crippen LogP contribution is 2.60. The number of aliphatic hydroxyl groups excluding tert-OH is 1. The number of nitrogen functional groups attached to an aromatic ring is 2. The van der Waals surface area contributed by atoms with Gasteiger partial charge in [0.05, 0.1) is 28.7 Å². The number of halogens is 2. The Morgan fingerprint density at radius 3 is 1.84 bits per heavy atom. The number of rotatable bonds is 17. The number of alkyl halides is 2. The molecule has 27 nitrogen and oxygen atoms in total. The van der Waals surface area contributed by atoms with Crippen LogP contribution in [-0.2, 0) is 69.8 Å². The average molecular weight is 1090 g/mol. The van der Waals surface area contributed by atoms with Crippen molar-refractivity contribution in [3.8, 4) is 23.7 Å². The van der Waals surface area contributed by atoms with E-state index in [-0.39, 0.29) is 22.9 Å². The number of phosphoric ester groups is 1. The van der Waals surface area contributed by atoms with Crippen molar-refractivity contribution >= 4 is 67.2 Å². The third-order valence-corrected chi connectivity index (χ3v) is 13.7. The summed E-state index contributed by atoms with van der Waals surface area (Å²) in [5, 5.41) is 36.8. The molecule has 0 saturated carbocycles. The van der Waals surface area contributed by atoms with Gasteiger partial charge in [0.25, 0.3) is 11.7 Å². The van der Waals surface area contributed by atoms with E-state index in [9.17, 15) is 38.8 Å². The van der Waals surface area contributed by atoms with E-state index in [2.05, 4.69) is 48.7 Å². The van der Waals surface area contributed by atoms with E-state index in [0.29, 0.717) is 10.8 Å². The van der Waals surface area contributed by atoms with Crippen molar-refractivity contribution in [1.82, 2.24) is 34.2 Å². The van der Waals surface area contributed by atoms with Crippen LogP contribution >= 0.6 is 15.6 Å². The van der Waals surface area contributed by atoms with Crippen molar-refractivity contribution < 1.29 is 93.9 Å². The largest absolute Gasteiger partial charge is 0.480 e. The van der Waals surface area contributed by atoms with E-state index >= 15 is 8.78 Å². The number of anilines is 2. The summed E-state index contributed by atoms with van der Waals surface area (Å²) < 4.78 is 112. The lowest BCUT2D eigenvalue weighted by atomic mass is 9.93. The third-order valence-electron chi connectivity index (χ3n) is 10.9. The second-order valence-corrected chi connectivity index (χ2v) is 20.8. The summed E-state index contributed by atoms with van der Waals surface area (Å²) in [5.41, 5.74) is 7.23. The lowest BCUT2D eigenvalue weighted by Gasteiger charge is -2.37. The molecule has 7 rings (SSSR count). The van der Waals surface area contributed by atoms with Gasteiger partial charge < -0.3 is 59.6 Å². The zero-order chi connectivity index (χ0) is 54.6. The molecule has 0 amide bonds. The van der Waals surface area contributed by atoms with Crippen LogP contribution in [0.3, 0.4) is 0 Å². The normalized spacial score (nSPS) is 28.5. The molecule has 1 unspecified atom stereocenters. The number of ether oxygens (including phenoxy) is 5. The molecule has 4 aromatic rings. The Balaban J connectivity index is 0.000000246. The van der Waals surface area contributed by atoms with Gasteiger partial charge in [0.15, 0.2) is 24.7 Å².